The summed E-state index contributed by atoms with van der Waals surface area (Å²) in [7, 11) is 1.63. The Hall–Kier alpha value is -2.11. The minimum atomic E-state index is -0.185. The molecule has 22 heavy (non-hydrogen) atoms. The SMILES string of the molecule is CO[C@H]1C[C@@H](CO)N(C(=O)c2cccc(-c3ccoc3)c2)C1. The maximum absolute atomic E-state index is 12.7. The summed E-state index contributed by atoms with van der Waals surface area (Å²) in [4.78, 5) is 14.4. The van der Waals surface area contributed by atoms with E-state index in [2.05, 4.69) is 0 Å². The van der Waals surface area contributed by atoms with Gasteiger partial charge in [0.15, 0.2) is 0 Å². The molecule has 0 bridgehead atoms. The maximum atomic E-state index is 12.7. The third kappa shape index (κ3) is 2.77. The van der Waals surface area contributed by atoms with Crippen LogP contribution in [0.1, 0.15) is 16.8 Å². The number of carbonyl (C=O) groups is 1. The predicted octanol–water partition coefficient (Wildman–Crippen LogP) is 2.17. The van der Waals surface area contributed by atoms with Gasteiger partial charge in [-0.3, -0.25) is 4.79 Å². The highest BCUT2D eigenvalue weighted by Crippen LogP contribution is 2.25. The van der Waals surface area contributed by atoms with Gasteiger partial charge in [-0.25, -0.2) is 0 Å². The highest BCUT2D eigenvalue weighted by molar-refractivity contribution is 5.96. The number of hydrogen-bond donors (Lipinski definition) is 1. The Morgan fingerprint density at radius 3 is 2.95 bits per heavy atom. The van der Waals surface area contributed by atoms with Crippen LogP contribution in [-0.2, 0) is 4.74 Å². The highest BCUT2D eigenvalue weighted by atomic mass is 16.5. The minimum absolute atomic E-state index is 0.0156. The van der Waals surface area contributed by atoms with Crippen LogP contribution in [0.5, 0.6) is 0 Å². The lowest BCUT2D eigenvalue weighted by molar-refractivity contribution is 0.0648. The van der Waals surface area contributed by atoms with Gasteiger partial charge in [0.05, 0.1) is 31.3 Å². The summed E-state index contributed by atoms with van der Waals surface area (Å²) in [6.45, 7) is 0.462. The number of aliphatic hydroxyl groups excluding tert-OH is 1. The molecule has 0 spiro atoms. The summed E-state index contributed by atoms with van der Waals surface area (Å²) >= 11 is 0. The van der Waals surface area contributed by atoms with Crippen molar-refractivity contribution in [2.75, 3.05) is 20.3 Å². The van der Waals surface area contributed by atoms with Gasteiger partial charge in [0.25, 0.3) is 5.91 Å². The predicted molar refractivity (Wildman–Crippen MR) is 81.5 cm³/mol. The number of nitrogens with zero attached hydrogens (tertiary/aromatic N) is 1. The lowest BCUT2D eigenvalue weighted by atomic mass is 10.0. The normalized spacial score (nSPS) is 21.3. The molecular formula is C17H19NO4. The highest BCUT2D eigenvalue weighted by Gasteiger charge is 2.35. The first-order valence-electron chi connectivity index (χ1n) is 7.30. The average molecular weight is 301 g/mol. The third-order valence-corrected chi connectivity index (χ3v) is 4.15. The van der Waals surface area contributed by atoms with Crippen molar-refractivity contribution in [3.8, 4) is 11.1 Å². The molecule has 1 aromatic heterocycles. The summed E-state index contributed by atoms with van der Waals surface area (Å²) in [5.41, 5.74) is 2.47. The molecule has 5 heteroatoms. The molecule has 1 N–H and O–H groups in total. The third-order valence-electron chi connectivity index (χ3n) is 4.15. The van der Waals surface area contributed by atoms with E-state index in [1.807, 2.05) is 24.3 Å². The van der Waals surface area contributed by atoms with Crippen molar-refractivity contribution in [2.45, 2.75) is 18.6 Å². The summed E-state index contributed by atoms with van der Waals surface area (Å²) in [6, 6.07) is 9.11. The number of rotatable bonds is 4. The Morgan fingerprint density at radius 2 is 2.27 bits per heavy atom. The number of methoxy groups -OCH3 is 1. The molecule has 1 saturated heterocycles. The van der Waals surface area contributed by atoms with E-state index in [1.54, 1.807) is 30.6 Å². The molecule has 2 heterocycles. The number of hydrogen-bond acceptors (Lipinski definition) is 4. The molecule has 1 fully saturated rings. The van der Waals surface area contributed by atoms with Gasteiger partial charge in [0, 0.05) is 24.8 Å². The molecular weight excluding hydrogens is 282 g/mol. The fourth-order valence-electron chi connectivity index (χ4n) is 2.89. The van der Waals surface area contributed by atoms with E-state index in [9.17, 15) is 9.90 Å². The topological polar surface area (TPSA) is 62.9 Å². The minimum Gasteiger partial charge on any atom is -0.472 e. The summed E-state index contributed by atoms with van der Waals surface area (Å²) < 4.78 is 10.4. The van der Waals surface area contributed by atoms with Crippen LogP contribution in [0.15, 0.2) is 47.3 Å². The van der Waals surface area contributed by atoms with Gasteiger partial charge in [0.1, 0.15) is 0 Å². The van der Waals surface area contributed by atoms with Gasteiger partial charge in [-0.05, 0) is 30.2 Å². The van der Waals surface area contributed by atoms with E-state index < -0.39 is 0 Å². The molecule has 0 unspecified atom stereocenters. The van der Waals surface area contributed by atoms with E-state index in [0.717, 1.165) is 11.1 Å². The van der Waals surface area contributed by atoms with Crippen LogP contribution in [0.25, 0.3) is 11.1 Å². The molecule has 5 nitrogen and oxygen atoms in total. The molecule has 3 rings (SSSR count). The fraction of sp³-hybridized carbons (Fsp3) is 0.353. The summed E-state index contributed by atoms with van der Waals surface area (Å²) in [6.07, 6.45) is 3.91. The lowest BCUT2D eigenvalue weighted by Gasteiger charge is -2.23. The van der Waals surface area contributed by atoms with E-state index >= 15 is 0 Å². The molecule has 2 atom stereocenters. The van der Waals surface area contributed by atoms with Gasteiger partial charge in [-0.15, -0.1) is 0 Å². The van der Waals surface area contributed by atoms with E-state index in [4.69, 9.17) is 9.15 Å². The van der Waals surface area contributed by atoms with Crippen molar-refractivity contribution in [1.82, 2.24) is 4.90 Å². The number of benzene rings is 1. The molecule has 2 aromatic rings. The summed E-state index contributed by atoms with van der Waals surface area (Å²) in [5.74, 6) is -0.0797. The number of aliphatic hydroxyl groups is 1. The van der Waals surface area contributed by atoms with Crippen LogP contribution >= 0.6 is 0 Å². The van der Waals surface area contributed by atoms with Crippen molar-refractivity contribution in [2.24, 2.45) is 0 Å². The molecule has 0 aliphatic carbocycles. The number of carbonyl (C=O) groups excluding carboxylic acids is 1. The Morgan fingerprint density at radius 1 is 1.41 bits per heavy atom. The Balaban J connectivity index is 1.84. The van der Waals surface area contributed by atoms with Crippen LogP contribution in [0.3, 0.4) is 0 Å². The molecule has 0 saturated carbocycles. The molecule has 0 radical (unpaired) electrons. The quantitative estimate of drug-likeness (QED) is 0.940. The van der Waals surface area contributed by atoms with Crippen molar-refractivity contribution < 1.29 is 19.1 Å². The van der Waals surface area contributed by atoms with Crippen molar-refractivity contribution in [3.63, 3.8) is 0 Å². The van der Waals surface area contributed by atoms with Gasteiger partial charge in [-0.2, -0.15) is 0 Å². The fourth-order valence-corrected chi connectivity index (χ4v) is 2.89. The number of ether oxygens (including phenoxy) is 1. The van der Waals surface area contributed by atoms with Crippen LogP contribution in [0.4, 0.5) is 0 Å². The van der Waals surface area contributed by atoms with Gasteiger partial charge in [0.2, 0.25) is 0 Å². The first kappa shape index (κ1) is 14.8. The molecule has 1 aliphatic heterocycles. The van der Waals surface area contributed by atoms with Crippen LogP contribution in [-0.4, -0.2) is 48.3 Å². The molecule has 1 amide bonds. The van der Waals surface area contributed by atoms with Crippen molar-refractivity contribution >= 4 is 5.91 Å². The van der Waals surface area contributed by atoms with Crippen molar-refractivity contribution in [3.05, 3.63) is 48.4 Å². The molecule has 1 aliphatic rings. The maximum Gasteiger partial charge on any atom is 0.254 e. The van der Waals surface area contributed by atoms with Gasteiger partial charge in [-0.1, -0.05) is 12.1 Å². The van der Waals surface area contributed by atoms with E-state index in [1.165, 1.54) is 0 Å². The second-order valence-electron chi connectivity index (χ2n) is 5.48. The Bertz CT molecular complexity index is 638. The van der Waals surface area contributed by atoms with Gasteiger partial charge < -0.3 is 19.2 Å². The lowest BCUT2D eigenvalue weighted by Crippen LogP contribution is -2.38. The molecule has 1 aromatic carbocycles. The Labute approximate surface area is 129 Å². The zero-order valence-electron chi connectivity index (χ0n) is 12.4. The largest absolute Gasteiger partial charge is 0.472 e. The number of likely N-dealkylation sites (tertiary alicyclic amines) is 1. The zero-order chi connectivity index (χ0) is 15.5. The van der Waals surface area contributed by atoms with Crippen molar-refractivity contribution in [1.29, 1.82) is 0 Å². The van der Waals surface area contributed by atoms with Gasteiger partial charge >= 0.3 is 0 Å². The standard InChI is InChI=1S/C17H19NO4/c1-21-16-8-15(10-19)18(9-16)17(20)13-4-2-3-12(7-13)14-5-6-22-11-14/h2-7,11,15-16,19H,8-10H2,1H3/t15-,16-/m0/s1. The number of amides is 1. The van der Waals surface area contributed by atoms with Crippen LogP contribution < -0.4 is 0 Å². The molecule has 116 valence electrons. The summed E-state index contributed by atoms with van der Waals surface area (Å²) in [5, 5.41) is 9.49. The second-order valence-corrected chi connectivity index (χ2v) is 5.48. The monoisotopic (exact) mass is 301 g/mol. The smallest absolute Gasteiger partial charge is 0.254 e. The number of furan rings is 1. The first-order valence-corrected chi connectivity index (χ1v) is 7.30. The first-order chi connectivity index (χ1) is 10.7. The van der Waals surface area contributed by atoms with E-state index in [-0.39, 0.29) is 24.7 Å². The second kappa shape index (κ2) is 6.34. The van der Waals surface area contributed by atoms with Crippen LogP contribution in [0, 0.1) is 0 Å². The van der Waals surface area contributed by atoms with E-state index in [0.29, 0.717) is 18.5 Å². The van der Waals surface area contributed by atoms with Crippen LogP contribution in [0.2, 0.25) is 0 Å². The zero-order valence-corrected chi connectivity index (χ0v) is 12.4. The Kier molecular flexibility index (Phi) is 4.27. The average Bonchev–Trinajstić information content (AvgIpc) is 3.23.